The van der Waals surface area contributed by atoms with Gasteiger partial charge in [0.25, 0.3) is 0 Å². The third kappa shape index (κ3) is 6.32. The van der Waals surface area contributed by atoms with Crippen molar-refractivity contribution in [2.75, 3.05) is 4.90 Å². The van der Waals surface area contributed by atoms with Gasteiger partial charge in [-0.25, -0.2) is 0 Å². The van der Waals surface area contributed by atoms with Crippen LogP contribution in [0.3, 0.4) is 0 Å². The second-order valence-corrected chi connectivity index (χ2v) is 15.2. The maximum atomic E-state index is 6.51. The molecule has 0 aliphatic heterocycles. The molecule has 2 heteroatoms. The topological polar surface area (TPSA) is 16.4 Å². The molecule has 0 aliphatic rings. The van der Waals surface area contributed by atoms with Gasteiger partial charge in [0, 0.05) is 33.8 Å². The molecule has 0 aliphatic carbocycles. The molecule has 0 N–H and O–H groups in total. The van der Waals surface area contributed by atoms with Gasteiger partial charge >= 0.3 is 0 Å². The first-order valence-electron chi connectivity index (χ1n) is 20.5. The largest absolute Gasteiger partial charge is 0.456 e. The van der Waals surface area contributed by atoms with Crippen molar-refractivity contribution in [3.8, 4) is 55.6 Å². The Morgan fingerprint density at radius 3 is 1.65 bits per heavy atom. The monoisotopic (exact) mass is 765 g/mol. The van der Waals surface area contributed by atoms with E-state index in [1.165, 1.54) is 55.3 Å². The van der Waals surface area contributed by atoms with E-state index in [0.29, 0.717) is 0 Å². The molecule has 0 saturated heterocycles. The lowest BCUT2D eigenvalue weighted by Crippen LogP contribution is -2.11. The first-order chi connectivity index (χ1) is 29.8. The molecule has 0 unspecified atom stereocenters. The molecule has 0 amide bonds. The van der Waals surface area contributed by atoms with Crippen molar-refractivity contribution >= 4 is 49.8 Å². The number of nitrogens with zero attached hydrogens (tertiary/aromatic N) is 1. The van der Waals surface area contributed by atoms with Gasteiger partial charge in [-0.3, -0.25) is 0 Å². The summed E-state index contributed by atoms with van der Waals surface area (Å²) in [6, 6.07) is 85.0. The second kappa shape index (κ2) is 15.1. The van der Waals surface area contributed by atoms with E-state index in [0.717, 1.165) is 50.1 Å². The van der Waals surface area contributed by atoms with Gasteiger partial charge in [-0.05, 0) is 103 Å². The SMILES string of the molecule is c1ccc(-c2ccccc2-c2c(-c3ccccc3)cccc2-c2ccccc2N(c2ccc(-c3ccc4ccccc4c3)cc2)c2ccc3c(c2)oc2ccccc23)cc1. The highest BCUT2D eigenvalue weighted by Crippen LogP contribution is 2.49. The van der Waals surface area contributed by atoms with Crippen molar-refractivity contribution < 1.29 is 4.42 Å². The van der Waals surface area contributed by atoms with Crippen LogP contribution in [0.15, 0.2) is 241 Å². The average molecular weight is 766 g/mol. The van der Waals surface area contributed by atoms with Crippen LogP contribution in [-0.4, -0.2) is 0 Å². The smallest absolute Gasteiger partial charge is 0.137 e. The van der Waals surface area contributed by atoms with Gasteiger partial charge in [-0.2, -0.15) is 0 Å². The molecular formula is C58H39NO. The number of rotatable bonds is 8. The highest BCUT2D eigenvalue weighted by molar-refractivity contribution is 6.07. The highest BCUT2D eigenvalue weighted by atomic mass is 16.3. The minimum atomic E-state index is 0.854. The summed E-state index contributed by atoms with van der Waals surface area (Å²) < 4.78 is 6.51. The van der Waals surface area contributed by atoms with Crippen LogP contribution in [0.25, 0.3) is 88.3 Å². The quantitative estimate of drug-likeness (QED) is 0.153. The summed E-state index contributed by atoms with van der Waals surface area (Å²) in [4.78, 5) is 2.38. The molecule has 10 aromatic carbocycles. The number of hydrogen-bond acceptors (Lipinski definition) is 2. The Labute approximate surface area is 349 Å². The number of fused-ring (bicyclic) bond motifs is 4. The van der Waals surface area contributed by atoms with Gasteiger partial charge in [0.15, 0.2) is 0 Å². The minimum absolute atomic E-state index is 0.854. The molecule has 11 rings (SSSR count). The van der Waals surface area contributed by atoms with Gasteiger partial charge in [0.05, 0.1) is 5.69 Å². The zero-order valence-electron chi connectivity index (χ0n) is 32.9. The molecule has 60 heavy (non-hydrogen) atoms. The number of hydrogen-bond donors (Lipinski definition) is 0. The van der Waals surface area contributed by atoms with Gasteiger partial charge in [0.2, 0.25) is 0 Å². The van der Waals surface area contributed by atoms with E-state index in [1.807, 2.05) is 12.1 Å². The van der Waals surface area contributed by atoms with Crippen LogP contribution >= 0.6 is 0 Å². The fourth-order valence-electron chi connectivity index (χ4n) is 8.84. The Balaban J connectivity index is 1.14. The molecule has 2 nitrogen and oxygen atoms in total. The summed E-state index contributed by atoms with van der Waals surface area (Å²) in [6.07, 6.45) is 0. The molecule has 0 spiro atoms. The van der Waals surface area contributed by atoms with Crippen LogP contribution in [0.1, 0.15) is 0 Å². The van der Waals surface area contributed by atoms with E-state index in [2.05, 4.69) is 229 Å². The van der Waals surface area contributed by atoms with Gasteiger partial charge < -0.3 is 9.32 Å². The van der Waals surface area contributed by atoms with E-state index in [1.54, 1.807) is 0 Å². The van der Waals surface area contributed by atoms with E-state index >= 15 is 0 Å². The number of benzene rings is 10. The number of anilines is 3. The molecule has 0 bridgehead atoms. The average Bonchev–Trinajstić information content (AvgIpc) is 3.70. The van der Waals surface area contributed by atoms with Gasteiger partial charge in [0.1, 0.15) is 11.2 Å². The first-order valence-corrected chi connectivity index (χ1v) is 20.5. The predicted molar refractivity (Wildman–Crippen MR) is 253 cm³/mol. The Hall–Kier alpha value is -7.94. The van der Waals surface area contributed by atoms with Crippen molar-refractivity contribution in [3.63, 3.8) is 0 Å². The summed E-state index contributed by atoms with van der Waals surface area (Å²) in [6.45, 7) is 0. The van der Waals surface area contributed by atoms with Crippen molar-refractivity contribution in [2.45, 2.75) is 0 Å². The molecule has 282 valence electrons. The van der Waals surface area contributed by atoms with Crippen molar-refractivity contribution in [1.82, 2.24) is 0 Å². The lowest BCUT2D eigenvalue weighted by atomic mass is 9.84. The van der Waals surface area contributed by atoms with Crippen LogP contribution in [0.2, 0.25) is 0 Å². The summed E-state index contributed by atoms with van der Waals surface area (Å²) in [5, 5.41) is 4.69. The summed E-state index contributed by atoms with van der Waals surface area (Å²) >= 11 is 0. The molecule has 0 atom stereocenters. The number of para-hydroxylation sites is 2. The Kier molecular flexibility index (Phi) is 8.87. The highest BCUT2D eigenvalue weighted by Gasteiger charge is 2.23. The molecular weight excluding hydrogens is 727 g/mol. The van der Waals surface area contributed by atoms with Gasteiger partial charge in [-0.1, -0.05) is 188 Å². The Morgan fingerprint density at radius 2 is 0.850 bits per heavy atom. The van der Waals surface area contributed by atoms with Crippen molar-refractivity contribution in [3.05, 3.63) is 237 Å². The fraction of sp³-hybridized carbons (Fsp3) is 0. The lowest BCUT2D eigenvalue weighted by Gasteiger charge is -2.29. The number of furan rings is 1. The third-order valence-electron chi connectivity index (χ3n) is 11.7. The zero-order valence-corrected chi connectivity index (χ0v) is 32.9. The van der Waals surface area contributed by atoms with Crippen LogP contribution < -0.4 is 4.90 Å². The molecule has 1 heterocycles. The lowest BCUT2D eigenvalue weighted by molar-refractivity contribution is 0.669. The van der Waals surface area contributed by atoms with Crippen LogP contribution in [0.5, 0.6) is 0 Å². The molecule has 0 fully saturated rings. The fourth-order valence-corrected chi connectivity index (χ4v) is 8.84. The zero-order chi connectivity index (χ0) is 39.8. The molecule has 0 radical (unpaired) electrons. The van der Waals surface area contributed by atoms with E-state index in [9.17, 15) is 0 Å². The Bertz CT molecular complexity index is 3310. The summed E-state index contributed by atoms with van der Waals surface area (Å²) in [5.41, 5.74) is 16.6. The van der Waals surface area contributed by atoms with Crippen molar-refractivity contribution in [2.24, 2.45) is 0 Å². The van der Waals surface area contributed by atoms with E-state index < -0.39 is 0 Å². The van der Waals surface area contributed by atoms with E-state index in [4.69, 9.17) is 4.42 Å². The normalized spacial score (nSPS) is 11.3. The summed E-state index contributed by atoms with van der Waals surface area (Å²) in [5.74, 6) is 0. The minimum Gasteiger partial charge on any atom is -0.456 e. The predicted octanol–water partition coefficient (Wildman–Crippen LogP) is 16.5. The summed E-state index contributed by atoms with van der Waals surface area (Å²) in [7, 11) is 0. The molecule has 0 saturated carbocycles. The first kappa shape index (κ1) is 35.2. The van der Waals surface area contributed by atoms with Crippen LogP contribution in [0.4, 0.5) is 17.1 Å². The van der Waals surface area contributed by atoms with Crippen LogP contribution in [0, 0.1) is 0 Å². The second-order valence-electron chi connectivity index (χ2n) is 15.2. The standard InChI is InChI=1S/C58H39NO/c1-3-17-42(18-4-1)48-22-9-10-25-53(48)58-49(43-19-5-2-6-20-43)26-15-27-54(58)50-23-11-13-28-55(50)59(47-36-37-52-51-24-12-14-29-56(51)60-57(52)39-47)46-34-32-41(33-35-46)45-31-30-40-16-7-8-21-44(40)38-45/h1-39H. The van der Waals surface area contributed by atoms with Gasteiger partial charge in [-0.15, -0.1) is 0 Å². The maximum Gasteiger partial charge on any atom is 0.137 e. The molecule has 1 aromatic heterocycles. The molecule has 11 aromatic rings. The van der Waals surface area contributed by atoms with Crippen molar-refractivity contribution in [1.29, 1.82) is 0 Å². The van der Waals surface area contributed by atoms with Crippen LogP contribution in [-0.2, 0) is 0 Å². The maximum absolute atomic E-state index is 6.51. The third-order valence-corrected chi connectivity index (χ3v) is 11.7. The Morgan fingerprint density at radius 1 is 0.283 bits per heavy atom. The van der Waals surface area contributed by atoms with E-state index in [-0.39, 0.29) is 0 Å².